The first kappa shape index (κ1) is 20.2. The van der Waals surface area contributed by atoms with E-state index in [1.54, 1.807) is 24.3 Å². The van der Waals surface area contributed by atoms with Crippen LogP contribution >= 0.6 is 11.6 Å². The van der Waals surface area contributed by atoms with Crippen molar-refractivity contribution in [2.45, 2.75) is 13.0 Å². The standard InChI is InChI=1S/C21H24ClN3O3S/c22-19-4-1-3-17(15-19)16-23-10-12-24(13-11-23)21(26)18-5-7-20(8-6-18)25-9-2-14-29(25,27)28/h1,3-8,15H,2,9-14,16H2. The normalized spacial score (nSPS) is 19.5. The van der Waals surface area contributed by atoms with E-state index in [4.69, 9.17) is 11.6 Å². The van der Waals surface area contributed by atoms with Crippen molar-refractivity contribution in [1.82, 2.24) is 9.80 Å². The second-order valence-electron chi connectivity index (χ2n) is 7.49. The van der Waals surface area contributed by atoms with E-state index in [2.05, 4.69) is 11.0 Å². The summed E-state index contributed by atoms with van der Waals surface area (Å²) in [5.41, 5.74) is 2.39. The van der Waals surface area contributed by atoms with Gasteiger partial charge in [0.2, 0.25) is 10.0 Å². The van der Waals surface area contributed by atoms with Crippen molar-refractivity contribution < 1.29 is 13.2 Å². The molecule has 0 bridgehead atoms. The number of benzene rings is 2. The molecule has 8 heteroatoms. The van der Waals surface area contributed by atoms with Gasteiger partial charge in [-0.15, -0.1) is 0 Å². The number of rotatable bonds is 4. The van der Waals surface area contributed by atoms with Gasteiger partial charge in [-0.05, 0) is 48.4 Å². The fourth-order valence-corrected chi connectivity index (χ4v) is 5.66. The van der Waals surface area contributed by atoms with Gasteiger partial charge in [-0.3, -0.25) is 14.0 Å². The van der Waals surface area contributed by atoms with Crippen LogP contribution in [0.25, 0.3) is 0 Å². The van der Waals surface area contributed by atoms with Crippen molar-refractivity contribution in [2.75, 3.05) is 42.8 Å². The summed E-state index contributed by atoms with van der Waals surface area (Å²) < 4.78 is 25.5. The lowest BCUT2D eigenvalue weighted by molar-refractivity contribution is 0.0628. The number of hydrogen-bond acceptors (Lipinski definition) is 4. The minimum absolute atomic E-state index is 0.0109. The van der Waals surface area contributed by atoms with E-state index in [9.17, 15) is 13.2 Å². The topological polar surface area (TPSA) is 60.9 Å². The molecule has 0 atom stereocenters. The molecule has 29 heavy (non-hydrogen) atoms. The molecular formula is C21H24ClN3O3S. The molecule has 0 saturated carbocycles. The molecule has 0 unspecified atom stereocenters. The number of carbonyl (C=O) groups is 1. The molecule has 0 aromatic heterocycles. The van der Waals surface area contributed by atoms with Crippen LogP contribution in [0, 0.1) is 0 Å². The van der Waals surface area contributed by atoms with E-state index in [-0.39, 0.29) is 11.7 Å². The van der Waals surface area contributed by atoms with Gasteiger partial charge in [0, 0.05) is 49.9 Å². The highest BCUT2D eigenvalue weighted by molar-refractivity contribution is 7.93. The Bertz CT molecular complexity index is 986. The average Bonchev–Trinajstić information content (AvgIpc) is 3.07. The zero-order valence-electron chi connectivity index (χ0n) is 16.1. The van der Waals surface area contributed by atoms with Gasteiger partial charge in [0.25, 0.3) is 5.91 Å². The minimum atomic E-state index is -3.20. The van der Waals surface area contributed by atoms with E-state index in [0.717, 1.165) is 24.7 Å². The highest BCUT2D eigenvalue weighted by Crippen LogP contribution is 2.24. The van der Waals surface area contributed by atoms with Crippen LogP contribution in [0.15, 0.2) is 48.5 Å². The van der Waals surface area contributed by atoms with Gasteiger partial charge in [-0.25, -0.2) is 8.42 Å². The lowest BCUT2D eigenvalue weighted by Gasteiger charge is -2.35. The van der Waals surface area contributed by atoms with Crippen molar-refractivity contribution in [3.8, 4) is 0 Å². The molecule has 2 saturated heterocycles. The predicted molar refractivity (Wildman–Crippen MR) is 115 cm³/mol. The first-order valence-corrected chi connectivity index (χ1v) is 11.8. The third kappa shape index (κ3) is 4.57. The Morgan fingerprint density at radius 3 is 2.31 bits per heavy atom. The zero-order chi connectivity index (χ0) is 20.4. The summed E-state index contributed by atoms with van der Waals surface area (Å²) in [5, 5.41) is 0.737. The molecule has 0 radical (unpaired) electrons. The van der Waals surface area contributed by atoms with Crippen molar-refractivity contribution >= 4 is 33.2 Å². The van der Waals surface area contributed by atoms with Crippen LogP contribution in [0.4, 0.5) is 5.69 Å². The van der Waals surface area contributed by atoms with E-state index in [1.807, 2.05) is 23.1 Å². The third-order valence-electron chi connectivity index (χ3n) is 5.46. The summed E-state index contributed by atoms with van der Waals surface area (Å²) in [6, 6.07) is 14.8. The van der Waals surface area contributed by atoms with E-state index >= 15 is 0 Å². The van der Waals surface area contributed by atoms with Crippen LogP contribution in [0.1, 0.15) is 22.3 Å². The number of anilines is 1. The maximum atomic E-state index is 12.8. The smallest absolute Gasteiger partial charge is 0.253 e. The van der Waals surface area contributed by atoms with Crippen LogP contribution in [0.2, 0.25) is 5.02 Å². The van der Waals surface area contributed by atoms with Gasteiger partial charge in [-0.2, -0.15) is 0 Å². The maximum absolute atomic E-state index is 12.8. The summed E-state index contributed by atoms with van der Waals surface area (Å²) in [7, 11) is -3.20. The molecule has 154 valence electrons. The van der Waals surface area contributed by atoms with E-state index < -0.39 is 10.0 Å². The second kappa shape index (κ2) is 8.34. The van der Waals surface area contributed by atoms with E-state index in [0.29, 0.717) is 37.3 Å². The Kier molecular flexibility index (Phi) is 5.81. The Morgan fingerprint density at radius 1 is 0.966 bits per heavy atom. The molecule has 2 aromatic rings. The number of nitrogens with zero attached hydrogens (tertiary/aromatic N) is 3. The summed E-state index contributed by atoms with van der Waals surface area (Å²) in [6.07, 6.45) is 0.641. The predicted octanol–water partition coefficient (Wildman–Crippen LogP) is 2.84. The summed E-state index contributed by atoms with van der Waals surface area (Å²) in [4.78, 5) is 17.0. The molecule has 0 N–H and O–H groups in total. The van der Waals surface area contributed by atoms with Gasteiger partial charge >= 0.3 is 0 Å². The maximum Gasteiger partial charge on any atom is 0.253 e. The number of hydrogen-bond donors (Lipinski definition) is 0. The quantitative estimate of drug-likeness (QED) is 0.743. The van der Waals surface area contributed by atoms with Crippen LogP contribution in [-0.2, 0) is 16.6 Å². The van der Waals surface area contributed by atoms with Crippen molar-refractivity contribution in [2.24, 2.45) is 0 Å². The summed E-state index contributed by atoms with van der Waals surface area (Å²) in [6.45, 7) is 4.28. The summed E-state index contributed by atoms with van der Waals surface area (Å²) in [5.74, 6) is 0.177. The Morgan fingerprint density at radius 2 is 1.69 bits per heavy atom. The molecule has 2 fully saturated rings. The molecule has 2 aliphatic rings. The fourth-order valence-electron chi connectivity index (χ4n) is 3.88. The molecule has 0 spiro atoms. The van der Waals surface area contributed by atoms with Gasteiger partial charge < -0.3 is 4.90 Å². The average molecular weight is 434 g/mol. The molecule has 6 nitrogen and oxygen atoms in total. The SMILES string of the molecule is O=C(c1ccc(N2CCCS2(=O)=O)cc1)N1CCN(Cc2cccc(Cl)c2)CC1. The number of carbonyl (C=O) groups excluding carboxylic acids is 1. The van der Waals surface area contributed by atoms with Gasteiger partial charge in [0.05, 0.1) is 11.4 Å². The lowest BCUT2D eigenvalue weighted by atomic mass is 10.1. The van der Waals surface area contributed by atoms with Gasteiger partial charge in [0.15, 0.2) is 0 Å². The molecule has 4 rings (SSSR count). The Labute approximate surface area is 176 Å². The molecule has 0 aliphatic carbocycles. The number of sulfonamides is 1. The van der Waals surface area contributed by atoms with Crippen molar-refractivity contribution in [3.63, 3.8) is 0 Å². The lowest BCUT2D eigenvalue weighted by Crippen LogP contribution is -2.48. The fraction of sp³-hybridized carbons (Fsp3) is 0.381. The number of amides is 1. The first-order valence-electron chi connectivity index (χ1n) is 9.79. The number of piperazine rings is 1. The largest absolute Gasteiger partial charge is 0.336 e. The highest BCUT2D eigenvalue weighted by Gasteiger charge is 2.29. The Balaban J connectivity index is 1.35. The molecule has 1 amide bonds. The molecule has 2 aliphatic heterocycles. The van der Waals surface area contributed by atoms with Crippen molar-refractivity contribution in [1.29, 1.82) is 0 Å². The zero-order valence-corrected chi connectivity index (χ0v) is 17.7. The van der Waals surface area contributed by atoms with Gasteiger partial charge in [0.1, 0.15) is 0 Å². The Hall–Kier alpha value is -2.09. The van der Waals surface area contributed by atoms with Crippen LogP contribution in [0.5, 0.6) is 0 Å². The molecule has 2 heterocycles. The monoisotopic (exact) mass is 433 g/mol. The van der Waals surface area contributed by atoms with Gasteiger partial charge in [-0.1, -0.05) is 23.7 Å². The third-order valence-corrected chi connectivity index (χ3v) is 7.56. The molecule has 2 aromatic carbocycles. The highest BCUT2D eigenvalue weighted by atomic mass is 35.5. The molecular weight excluding hydrogens is 410 g/mol. The first-order chi connectivity index (χ1) is 13.9. The summed E-state index contributed by atoms with van der Waals surface area (Å²) >= 11 is 6.06. The van der Waals surface area contributed by atoms with E-state index in [1.165, 1.54) is 9.87 Å². The van der Waals surface area contributed by atoms with Crippen LogP contribution in [0.3, 0.4) is 0 Å². The number of halogens is 1. The van der Waals surface area contributed by atoms with Crippen LogP contribution in [-0.4, -0.2) is 62.6 Å². The minimum Gasteiger partial charge on any atom is -0.336 e. The van der Waals surface area contributed by atoms with Crippen molar-refractivity contribution in [3.05, 3.63) is 64.7 Å². The van der Waals surface area contributed by atoms with Crippen LogP contribution < -0.4 is 4.31 Å². The second-order valence-corrected chi connectivity index (χ2v) is 9.94.